The van der Waals surface area contributed by atoms with E-state index in [-0.39, 0.29) is 16.6 Å². The number of carbonyl (C=O) groups excluding carboxylic acids is 1. The molecule has 21 heavy (non-hydrogen) atoms. The van der Waals surface area contributed by atoms with Gasteiger partial charge in [-0.1, -0.05) is 0 Å². The summed E-state index contributed by atoms with van der Waals surface area (Å²) in [6, 6.07) is 0.0781. The van der Waals surface area contributed by atoms with E-state index in [9.17, 15) is 18.0 Å². The molecule has 0 aromatic carbocycles. The lowest BCUT2D eigenvalue weighted by Crippen LogP contribution is -2.45. The number of aryl methyl sites for hydroxylation is 1. The maximum absolute atomic E-state index is 12.3. The Morgan fingerprint density at radius 3 is 2.81 bits per heavy atom. The molecule has 1 aromatic heterocycles. The van der Waals surface area contributed by atoms with Crippen molar-refractivity contribution < 1.29 is 27.5 Å². The molecule has 0 radical (unpaired) electrons. The third-order valence-electron chi connectivity index (χ3n) is 3.21. The van der Waals surface area contributed by atoms with Crippen molar-refractivity contribution in [1.82, 2.24) is 10.0 Å². The molecule has 3 N–H and O–H groups in total. The van der Waals surface area contributed by atoms with Gasteiger partial charge in [0.05, 0.1) is 0 Å². The van der Waals surface area contributed by atoms with E-state index in [0.717, 1.165) is 18.9 Å². The van der Waals surface area contributed by atoms with Gasteiger partial charge in [0, 0.05) is 12.6 Å². The Balaban J connectivity index is 2.25. The number of nitrogens with one attached hydrogen (secondary N) is 2. The summed E-state index contributed by atoms with van der Waals surface area (Å²) in [6.07, 6.45) is 1.91. The van der Waals surface area contributed by atoms with Crippen LogP contribution in [0, 0.1) is 6.92 Å². The largest absolute Gasteiger partial charge is 0.475 e. The molecule has 1 saturated heterocycles. The second-order valence-corrected chi connectivity index (χ2v) is 6.48. The molecule has 1 aliphatic rings. The highest BCUT2D eigenvalue weighted by Crippen LogP contribution is 2.21. The molecule has 1 aliphatic heterocycles. The van der Waals surface area contributed by atoms with Gasteiger partial charge in [-0.25, -0.2) is 13.2 Å². The first-order valence-corrected chi connectivity index (χ1v) is 7.93. The predicted octanol–water partition coefficient (Wildman–Crippen LogP) is 0.233. The van der Waals surface area contributed by atoms with E-state index in [1.54, 1.807) is 0 Å². The maximum atomic E-state index is 12.3. The van der Waals surface area contributed by atoms with Gasteiger partial charge in [0.15, 0.2) is 0 Å². The van der Waals surface area contributed by atoms with Crippen molar-refractivity contribution in [3.05, 3.63) is 17.6 Å². The molecule has 9 heteroatoms. The van der Waals surface area contributed by atoms with Crippen LogP contribution in [0.25, 0.3) is 0 Å². The van der Waals surface area contributed by atoms with Crippen molar-refractivity contribution in [3.63, 3.8) is 0 Å². The van der Waals surface area contributed by atoms with Gasteiger partial charge in [0.2, 0.25) is 21.7 Å². The summed E-state index contributed by atoms with van der Waals surface area (Å²) in [5, 5.41) is 11.4. The lowest BCUT2D eigenvalue weighted by atomic mass is 10.1. The normalized spacial score (nSPS) is 19.9. The molecule has 0 saturated carbocycles. The Hall–Kier alpha value is -1.87. The van der Waals surface area contributed by atoms with Crippen LogP contribution < -0.4 is 10.0 Å². The molecule has 1 aromatic rings. The summed E-state index contributed by atoms with van der Waals surface area (Å²) >= 11 is 0. The zero-order valence-corrected chi connectivity index (χ0v) is 12.2. The van der Waals surface area contributed by atoms with E-state index in [1.807, 2.05) is 0 Å². The average Bonchev–Trinajstić information content (AvgIpc) is 2.69. The Morgan fingerprint density at radius 2 is 2.19 bits per heavy atom. The topological polar surface area (TPSA) is 126 Å². The van der Waals surface area contributed by atoms with Crippen LogP contribution in [-0.2, 0) is 14.8 Å². The summed E-state index contributed by atoms with van der Waals surface area (Å²) in [7, 11) is -4.02. The molecule has 1 amide bonds. The fourth-order valence-corrected chi connectivity index (χ4v) is 3.55. The lowest BCUT2D eigenvalue weighted by Gasteiger charge is -2.14. The standard InChI is InChI=1S/C12H16N2O6S/c1-7-10(6-9(20-7)12(16)17)21(18,19)14-8-4-2-3-5-13-11(8)15/h6,8,14H,2-5H2,1H3,(H,13,15)(H,16,17). The first-order valence-electron chi connectivity index (χ1n) is 6.45. The quantitative estimate of drug-likeness (QED) is 0.730. The highest BCUT2D eigenvalue weighted by molar-refractivity contribution is 7.89. The van der Waals surface area contributed by atoms with E-state index in [4.69, 9.17) is 9.52 Å². The first kappa shape index (κ1) is 15.5. The Kier molecular flexibility index (Phi) is 4.33. The van der Waals surface area contributed by atoms with Gasteiger partial charge in [-0.3, -0.25) is 4.79 Å². The van der Waals surface area contributed by atoms with E-state index in [2.05, 4.69) is 10.0 Å². The molecule has 0 bridgehead atoms. The Morgan fingerprint density at radius 1 is 1.48 bits per heavy atom. The van der Waals surface area contributed by atoms with Crippen LogP contribution in [0.3, 0.4) is 0 Å². The predicted molar refractivity (Wildman–Crippen MR) is 71.4 cm³/mol. The number of amides is 1. The minimum atomic E-state index is -4.02. The molecule has 1 fully saturated rings. The third kappa shape index (κ3) is 3.42. The molecule has 0 aliphatic carbocycles. The van der Waals surface area contributed by atoms with Gasteiger partial charge < -0.3 is 14.8 Å². The van der Waals surface area contributed by atoms with E-state index in [0.29, 0.717) is 13.0 Å². The van der Waals surface area contributed by atoms with Crippen LogP contribution in [0.2, 0.25) is 0 Å². The summed E-state index contributed by atoms with van der Waals surface area (Å²) in [5.74, 6) is -2.23. The van der Waals surface area contributed by atoms with Crippen molar-refractivity contribution in [2.75, 3.05) is 6.54 Å². The first-order chi connectivity index (χ1) is 9.81. The smallest absolute Gasteiger partial charge is 0.371 e. The fraction of sp³-hybridized carbons (Fsp3) is 0.500. The number of furan rings is 1. The molecule has 116 valence electrons. The van der Waals surface area contributed by atoms with Crippen molar-refractivity contribution in [2.45, 2.75) is 37.1 Å². The van der Waals surface area contributed by atoms with Crippen LogP contribution >= 0.6 is 0 Å². The average molecular weight is 316 g/mol. The second kappa shape index (κ2) is 5.86. The summed E-state index contributed by atoms with van der Waals surface area (Å²) in [6.45, 7) is 1.87. The second-order valence-electron chi connectivity index (χ2n) is 4.80. The molecule has 8 nitrogen and oxygen atoms in total. The van der Waals surface area contributed by atoms with Crippen LogP contribution in [0.4, 0.5) is 0 Å². The number of carbonyl (C=O) groups is 2. The van der Waals surface area contributed by atoms with Gasteiger partial charge in [0.25, 0.3) is 0 Å². The van der Waals surface area contributed by atoms with E-state index < -0.39 is 27.8 Å². The molecular weight excluding hydrogens is 300 g/mol. The van der Waals surface area contributed by atoms with E-state index >= 15 is 0 Å². The van der Waals surface area contributed by atoms with Gasteiger partial charge in [0.1, 0.15) is 16.7 Å². The van der Waals surface area contributed by atoms with Crippen molar-refractivity contribution in [2.24, 2.45) is 0 Å². The molecule has 1 unspecified atom stereocenters. The van der Waals surface area contributed by atoms with Crippen LogP contribution in [0.15, 0.2) is 15.4 Å². The molecule has 0 spiro atoms. The number of hydrogen-bond donors (Lipinski definition) is 3. The number of aromatic carboxylic acids is 1. The zero-order valence-electron chi connectivity index (χ0n) is 11.4. The molecular formula is C12H16N2O6S. The number of rotatable bonds is 4. The van der Waals surface area contributed by atoms with Crippen molar-refractivity contribution in [1.29, 1.82) is 0 Å². The fourth-order valence-electron chi connectivity index (χ4n) is 2.14. The SMILES string of the molecule is Cc1oc(C(=O)O)cc1S(=O)(=O)NC1CCCCNC1=O. The number of hydrogen-bond acceptors (Lipinski definition) is 5. The molecule has 2 rings (SSSR count). The molecule has 2 heterocycles. The minimum absolute atomic E-state index is 0.0334. The van der Waals surface area contributed by atoms with Gasteiger partial charge in [-0.2, -0.15) is 4.72 Å². The van der Waals surface area contributed by atoms with Gasteiger partial charge in [-0.15, -0.1) is 0 Å². The highest BCUT2D eigenvalue weighted by atomic mass is 32.2. The van der Waals surface area contributed by atoms with Gasteiger partial charge >= 0.3 is 5.97 Å². The van der Waals surface area contributed by atoms with E-state index in [1.165, 1.54) is 6.92 Å². The van der Waals surface area contributed by atoms with Gasteiger partial charge in [-0.05, 0) is 26.2 Å². The summed E-state index contributed by atoms with van der Waals surface area (Å²) in [4.78, 5) is 22.3. The number of carboxylic acid groups (broad SMARTS) is 1. The maximum Gasteiger partial charge on any atom is 0.371 e. The van der Waals surface area contributed by atoms with Crippen LogP contribution in [0.1, 0.15) is 35.6 Å². The zero-order chi connectivity index (χ0) is 15.6. The lowest BCUT2D eigenvalue weighted by molar-refractivity contribution is -0.122. The van der Waals surface area contributed by atoms with Crippen molar-refractivity contribution in [3.8, 4) is 0 Å². The highest BCUT2D eigenvalue weighted by Gasteiger charge is 2.30. The summed E-state index contributed by atoms with van der Waals surface area (Å²) in [5.41, 5.74) is 0. The third-order valence-corrected chi connectivity index (χ3v) is 4.78. The summed E-state index contributed by atoms with van der Waals surface area (Å²) < 4.78 is 31.7. The Bertz CT molecular complexity index is 663. The molecule has 1 atom stereocenters. The number of sulfonamides is 1. The van der Waals surface area contributed by atoms with Crippen LogP contribution in [0.5, 0.6) is 0 Å². The van der Waals surface area contributed by atoms with Crippen molar-refractivity contribution >= 4 is 21.9 Å². The van der Waals surface area contributed by atoms with Crippen LogP contribution in [-0.4, -0.2) is 38.0 Å². The Labute approximate surface area is 121 Å². The number of carboxylic acids is 1. The minimum Gasteiger partial charge on any atom is -0.475 e. The monoisotopic (exact) mass is 316 g/mol.